The van der Waals surface area contributed by atoms with Crippen LogP contribution in [-0.4, -0.2) is 32.1 Å². The van der Waals surface area contributed by atoms with Gasteiger partial charge < -0.3 is 21.1 Å². The van der Waals surface area contributed by atoms with Gasteiger partial charge in [0.2, 0.25) is 0 Å². The highest BCUT2D eigenvalue weighted by atomic mass is 127. The lowest BCUT2D eigenvalue weighted by molar-refractivity contribution is -0.119. The van der Waals surface area contributed by atoms with Crippen LogP contribution in [0.3, 0.4) is 0 Å². The van der Waals surface area contributed by atoms with E-state index in [9.17, 15) is 4.79 Å². The van der Waals surface area contributed by atoms with E-state index in [0.29, 0.717) is 12.3 Å². The molecule has 1 aromatic carbocycles. The first-order valence-electron chi connectivity index (χ1n) is 10.1. The molecule has 1 saturated carbocycles. The molecular formula is C22H31IN4O2S. The van der Waals surface area contributed by atoms with Crippen LogP contribution in [0, 0.1) is 0 Å². The molecule has 4 N–H and O–H groups in total. The summed E-state index contributed by atoms with van der Waals surface area (Å²) in [7, 11) is 1.79. The number of primary amides is 1. The van der Waals surface area contributed by atoms with E-state index in [1.807, 2.05) is 35.6 Å². The molecule has 1 amide bonds. The molecule has 0 unspecified atom stereocenters. The third kappa shape index (κ3) is 6.87. The van der Waals surface area contributed by atoms with E-state index in [2.05, 4.69) is 33.1 Å². The second-order valence-electron chi connectivity index (χ2n) is 7.50. The van der Waals surface area contributed by atoms with Crippen LogP contribution in [0.4, 0.5) is 0 Å². The van der Waals surface area contributed by atoms with Crippen LogP contribution >= 0.6 is 35.3 Å². The number of nitrogens with two attached hydrogens (primary N) is 1. The number of nitrogens with one attached hydrogen (secondary N) is 2. The zero-order valence-electron chi connectivity index (χ0n) is 17.4. The van der Waals surface area contributed by atoms with Gasteiger partial charge in [-0.15, -0.1) is 35.3 Å². The number of guanidine groups is 1. The van der Waals surface area contributed by atoms with Crippen molar-refractivity contribution in [1.82, 2.24) is 10.6 Å². The highest BCUT2D eigenvalue weighted by Gasteiger charge is 2.34. The van der Waals surface area contributed by atoms with Gasteiger partial charge in [-0.3, -0.25) is 9.79 Å². The molecule has 8 heteroatoms. The molecular weight excluding hydrogens is 511 g/mol. The average molecular weight is 542 g/mol. The fraction of sp³-hybridized carbons (Fsp3) is 0.455. The van der Waals surface area contributed by atoms with Crippen LogP contribution in [0.2, 0.25) is 0 Å². The van der Waals surface area contributed by atoms with Crippen molar-refractivity contribution in [3.63, 3.8) is 0 Å². The van der Waals surface area contributed by atoms with E-state index < -0.39 is 5.91 Å². The minimum Gasteiger partial charge on any atom is -0.484 e. The first-order chi connectivity index (χ1) is 14.1. The SMILES string of the molecule is CN=C(NCc1cccc(OCC(N)=O)c1)NCC1(c2cccs2)CCCCC1.I. The number of rotatable bonds is 8. The molecule has 6 nitrogen and oxygen atoms in total. The summed E-state index contributed by atoms with van der Waals surface area (Å²) in [5, 5.41) is 9.09. The maximum atomic E-state index is 10.9. The Kier molecular flexibility index (Phi) is 9.90. The van der Waals surface area contributed by atoms with Crippen molar-refractivity contribution in [2.24, 2.45) is 10.7 Å². The quantitative estimate of drug-likeness (QED) is 0.269. The molecule has 0 bridgehead atoms. The fourth-order valence-corrected chi connectivity index (χ4v) is 4.87. The van der Waals surface area contributed by atoms with Crippen molar-refractivity contribution >= 4 is 47.2 Å². The van der Waals surface area contributed by atoms with Crippen LogP contribution < -0.4 is 21.1 Å². The lowest BCUT2D eigenvalue weighted by Crippen LogP contribution is -2.46. The molecule has 2 aromatic rings. The van der Waals surface area contributed by atoms with Gasteiger partial charge in [0.1, 0.15) is 5.75 Å². The molecule has 1 aliphatic carbocycles. The Morgan fingerprint density at radius 3 is 2.67 bits per heavy atom. The van der Waals surface area contributed by atoms with Crippen LogP contribution in [0.1, 0.15) is 42.5 Å². The van der Waals surface area contributed by atoms with Gasteiger partial charge in [-0.05, 0) is 42.0 Å². The standard InChI is InChI=1S/C22H30N4O2S.HI/c1-24-21(25-14-17-7-5-8-18(13-17)28-15-20(23)27)26-16-22(10-3-2-4-11-22)19-9-6-12-29-19;/h5-9,12-13H,2-4,10-11,14-16H2,1H3,(H2,23,27)(H2,24,25,26);1H. The zero-order chi connectivity index (χ0) is 20.5. The predicted octanol–water partition coefficient (Wildman–Crippen LogP) is 3.80. The van der Waals surface area contributed by atoms with Crippen molar-refractivity contribution < 1.29 is 9.53 Å². The number of carbonyl (C=O) groups is 1. The van der Waals surface area contributed by atoms with Crippen LogP contribution in [0.5, 0.6) is 5.75 Å². The smallest absolute Gasteiger partial charge is 0.255 e. The summed E-state index contributed by atoms with van der Waals surface area (Å²) in [6.45, 7) is 1.37. The molecule has 1 aromatic heterocycles. The monoisotopic (exact) mass is 542 g/mol. The Labute approximate surface area is 199 Å². The number of halogens is 1. The summed E-state index contributed by atoms with van der Waals surface area (Å²) in [6, 6.07) is 12.0. The number of hydrogen-bond acceptors (Lipinski definition) is 4. The number of aliphatic imine (C=N–C) groups is 1. The van der Waals surface area contributed by atoms with Gasteiger partial charge >= 0.3 is 0 Å². The highest BCUT2D eigenvalue weighted by molar-refractivity contribution is 14.0. The van der Waals surface area contributed by atoms with Gasteiger partial charge in [-0.2, -0.15) is 0 Å². The summed E-state index contributed by atoms with van der Waals surface area (Å²) >= 11 is 1.86. The highest BCUT2D eigenvalue weighted by Crippen LogP contribution is 2.41. The van der Waals surface area contributed by atoms with E-state index in [4.69, 9.17) is 10.5 Å². The fourth-order valence-electron chi connectivity index (χ4n) is 3.88. The van der Waals surface area contributed by atoms with Gasteiger partial charge in [-0.25, -0.2) is 0 Å². The van der Waals surface area contributed by atoms with Gasteiger partial charge in [0, 0.05) is 30.4 Å². The van der Waals surface area contributed by atoms with Crippen LogP contribution in [0.25, 0.3) is 0 Å². The van der Waals surface area contributed by atoms with Crippen molar-refractivity contribution in [2.75, 3.05) is 20.2 Å². The molecule has 0 saturated heterocycles. The molecule has 1 heterocycles. The second-order valence-corrected chi connectivity index (χ2v) is 8.45. The van der Waals surface area contributed by atoms with E-state index in [1.54, 1.807) is 7.05 Å². The van der Waals surface area contributed by atoms with Crippen LogP contribution in [-0.2, 0) is 16.8 Å². The summed E-state index contributed by atoms with van der Waals surface area (Å²) < 4.78 is 5.38. The molecule has 30 heavy (non-hydrogen) atoms. The molecule has 0 radical (unpaired) electrons. The largest absolute Gasteiger partial charge is 0.484 e. The molecule has 1 aliphatic rings. The predicted molar refractivity (Wildman–Crippen MR) is 134 cm³/mol. The van der Waals surface area contributed by atoms with Gasteiger partial charge in [0.15, 0.2) is 12.6 Å². The number of carbonyl (C=O) groups excluding carboxylic acids is 1. The first-order valence-corrected chi connectivity index (χ1v) is 11.0. The topological polar surface area (TPSA) is 88.7 Å². The van der Waals surface area contributed by atoms with E-state index in [0.717, 1.165) is 18.1 Å². The Bertz CT molecular complexity index is 820. The van der Waals surface area contributed by atoms with Gasteiger partial charge in [0.25, 0.3) is 5.91 Å². The third-order valence-electron chi connectivity index (χ3n) is 5.41. The van der Waals surface area contributed by atoms with E-state index >= 15 is 0 Å². The van der Waals surface area contributed by atoms with Crippen molar-refractivity contribution in [3.05, 3.63) is 52.2 Å². The van der Waals surface area contributed by atoms with Crippen molar-refractivity contribution in [1.29, 1.82) is 0 Å². The summed E-state index contributed by atoms with van der Waals surface area (Å²) in [5.41, 5.74) is 6.38. The van der Waals surface area contributed by atoms with Crippen molar-refractivity contribution in [3.8, 4) is 5.75 Å². The summed E-state index contributed by atoms with van der Waals surface area (Å²) in [5.74, 6) is 0.931. The second kappa shape index (κ2) is 12.1. The lowest BCUT2D eigenvalue weighted by Gasteiger charge is -2.37. The molecule has 164 valence electrons. The summed E-state index contributed by atoms with van der Waals surface area (Å²) in [6.07, 6.45) is 6.33. The Morgan fingerprint density at radius 2 is 2.00 bits per heavy atom. The van der Waals surface area contributed by atoms with E-state index in [-0.39, 0.29) is 36.0 Å². The Morgan fingerprint density at radius 1 is 1.20 bits per heavy atom. The number of benzene rings is 1. The molecule has 3 rings (SSSR count). The number of amides is 1. The minimum absolute atomic E-state index is 0. The zero-order valence-corrected chi connectivity index (χ0v) is 20.5. The van der Waals surface area contributed by atoms with Gasteiger partial charge in [-0.1, -0.05) is 37.5 Å². The van der Waals surface area contributed by atoms with Gasteiger partial charge in [0.05, 0.1) is 0 Å². The Balaban J connectivity index is 0.00000320. The average Bonchev–Trinajstić information content (AvgIpc) is 3.29. The van der Waals surface area contributed by atoms with E-state index in [1.165, 1.54) is 37.0 Å². The molecule has 0 spiro atoms. The van der Waals surface area contributed by atoms with Crippen molar-refractivity contribution in [2.45, 2.75) is 44.1 Å². The number of nitrogens with zero attached hydrogens (tertiary/aromatic N) is 1. The first kappa shape index (κ1) is 24.5. The molecule has 0 atom stereocenters. The summed E-state index contributed by atoms with van der Waals surface area (Å²) in [4.78, 5) is 16.7. The maximum absolute atomic E-state index is 10.9. The maximum Gasteiger partial charge on any atom is 0.255 e. The number of hydrogen-bond donors (Lipinski definition) is 3. The molecule has 0 aliphatic heterocycles. The number of thiophene rings is 1. The Hall–Kier alpha value is -1.81. The van der Waals surface area contributed by atoms with Crippen LogP contribution in [0.15, 0.2) is 46.8 Å². The third-order valence-corrected chi connectivity index (χ3v) is 6.53. The molecule has 1 fully saturated rings. The number of ether oxygens (including phenoxy) is 1. The lowest BCUT2D eigenvalue weighted by atomic mass is 9.73. The minimum atomic E-state index is -0.486. The normalized spacial score (nSPS) is 15.7.